The highest BCUT2D eigenvalue weighted by atomic mass is 19.3. The predicted octanol–water partition coefficient (Wildman–Crippen LogP) is 2.05. The fourth-order valence-electron chi connectivity index (χ4n) is 1.09. The van der Waals surface area contributed by atoms with E-state index in [0.717, 1.165) is 0 Å². The number of rotatable bonds is 4. The van der Waals surface area contributed by atoms with Gasteiger partial charge in [0, 0.05) is 12.1 Å². The van der Waals surface area contributed by atoms with Gasteiger partial charge in [0.05, 0.1) is 6.20 Å². The van der Waals surface area contributed by atoms with Crippen LogP contribution in [0.4, 0.5) is 8.78 Å². The maximum atomic E-state index is 12.1. The van der Waals surface area contributed by atoms with Gasteiger partial charge in [-0.25, -0.2) is 4.68 Å². The molecule has 0 saturated carbocycles. The fourth-order valence-corrected chi connectivity index (χ4v) is 1.09. The Morgan fingerprint density at radius 3 is 2.71 bits per heavy atom. The maximum Gasteiger partial charge on any atom is 0.333 e. The highest BCUT2D eigenvalue weighted by molar-refractivity contribution is 5.78. The number of nitrogens with zero attached hydrogens (tertiary/aromatic N) is 2. The summed E-state index contributed by atoms with van der Waals surface area (Å²) in [6.07, 6.45) is 3.10. The molecule has 0 saturated heterocycles. The lowest BCUT2D eigenvalue weighted by molar-refractivity contribution is -0.120. The zero-order valence-corrected chi connectivity index (χ0v) is 8.08. The molecule has 1 aromatic heterocycles. The molecule has 5 heteroatoms. The lowest BCUT2D eigenvalue weighted by Crippen LogP contribution is -2.08. The molecule has 0 spiro atoms. The minimum atomic E-state index is -2.61. The monoisotopic (exact) mass is 202 g/mol. The van der Waals surface area contributed by atoms with Crippen molar-refractivity contribution in [3.05, 3.63) is 18.0 Å². The molecular formula is C9H12F2N2O. The van der Waals surface area contributed by atoms with E-state index < -0.39 is 6.55 Å². The van der Waals surface area contributed by atoms with Gasteiger partial charge in [-0.1, -0.05) is 6.92 Å². The second-order valence-electron chi connectivity index (χ2n) is 3.32. The molecule has 0 aromatic carbocycles. The first-order chi connectivity index (χ1) is 6.50. The molecule has 78 valence electrons. The molecule has 1 rings (SSSR count). The topological polar surface area (TPSA) is 34.9 Å². The summed E-state index contributed by atoms with van der Waals surface area (Å²) in [6.45, 7) is 0.640. The minimum Gasteiger partial charge on any atom is -0.300 e. The number of hydrogen-bond acceptors (Lipinski definition) is 2. The molecule has 0 fully saturated rings. The third-order valence-corrected chi connectivity index (χ3v) is 2.09. The Morgan fingerprint density at radius 2 is 2.29 bits per heavy atom. The first-order valence-electron chi connectivity index (χ1n) is 4.32. The highest BCUT2D eigenvalue weighted by Gasteiger charge is 2.12. The minimum absolute atomic E-state index is 0.0507. The highest BCUT2D eigenvalue weighted by Crippen LogP contribution is 2.13. The number of ketones is 1. The summed E-state index contributed by atoms with van der Waals surface area (Å²) in [7, 11) is 0. The van der Waals surface area contributed by atoms with Gasteiger partial charge < -0.3 is 0 Å². The van der Waals surface area contributed by atoms with Crippen LogP contribution in [0.2, 0.25) is 0 Å². The van der Waals surface area contributed by atoms with Crippen LogP contribution in [0.1, 0.15) is 26.0 Å². The van der Waals surface area contributed by atoms with Gasteiger partial charge in [-0.3, -0.25) is 4.79 Å². The Balaban J connectivity index is 2.64. The Morgan fingerprint density at radius 1 is 1.64 bits per heavy atom. The molecule has 1 atom stereocenters. The second-order valence-corrected chi connectivity index (χ2v) is 3.32. The average molecular weight is 202 g/mol. The fraction of sp³-hybridized carbons (Fsp3) is 0.556. The number of carbonyl (C=O) groups excluding carboxylic acids is 1. The number of halogens is 2. The summed E-state index contributed by atoms with van der Waals surface area (Å²) in [5.74, 6) is -0.0971. The van der Waals surface area contributed by atoms with Crippen molar-refractivity contribution in [1.29, 1.82) is 0 Å². The van der Waals surface area contributed by atoms with E-state index in [9.17, 15) is 13.6 Å². The molecule has 14 heavy (non-hydrogen) atoms. The number of Topliss-reactive ketones (excluding diaryl/α,β-unsaturated/α-hetero) is 1. The Hall–Kier alpha value is -1.26. The summed E-state index contributed by atoms with van der Waals surface area (Å²) < 4.78 is 24.8. The van der Waals surface area contributed by atoms with Crippen molar-refractivity contribution in [3.8, 4) is 0 Å². The lowest BCUT2D eigenvalue weighted by Gasteiger charge is -2.03. The van der Waals surface area contributed by atoms with Crippen molar-refractivity contribution in [1.82, 2.24) is 9.78 Å². The zero-order valence-electron chi connectivity index (χ0n) is 8.08. The Bertz CT molecular complexity index is 322. The molecule has 1 unspecified atom stereocenters. The SMILES string of the molecule is CC(=O)C(C)Cc1cnn(C(F)F)c1. The second kappa shape index (κ2) is 4.30. The van der Waals surface area contributed by atoms with Gasteiger partial charge in [-0.05, 0) is 18.9 Å². The molecule has 0 amide bonds. The quantitative estimate of drug-likeness (QED) is 0.748. The number of aromatic nitrogens is 2. The van der Waals surface area contributed by atoms with Crippen LogP contribution in [0.15, 0.2) is 12.4 Å². The first kappa shape index (κ1) is 10.8. The van der Waals surface area contributed by atoms with E-state index in [-0.39, 0.29) is 11.7 Å². The first-order valence-corrected chi connectivity index (χ1v) is 4.32. The zero-order chi connectivity index (χ0) is 10.7. The molecule has 1 aromatic rings. The molecule has 1 heterocycles. The van der Waals surface area contributed by atoms with Gasteiger partial charge in [0.1, 0.15) is 5.78 Å². The van der Waals surface area contributed by atoms with Crippen LogP contribution in [0, 0.1) is 5.92 Å². The van der Waals surface area contributed by atoms with E-state index in [2.05, 4.69) is 5.10 Å². The molecule has 0 N–H and O–H groups in total. The molecule has 0 aliphatic carbocycles. The van der Waals surface area contributed by atoms with E-state index in [1.165, 1.54) is 19.3 Å². The number of hydrogen-bond donors (Lipinski definition) is 0. The average Bonchev–Trinajstić information content (AvgIpc) is 2.52. The lowest BCUT2D eigenvalue weighted by atomic mass is 10.0. The van der Waals surface area contributed by atoms with Gasteiger partial charge in [-0.2, -0.15) is 13.9 Å². The van der Waals surface area contributed by atoms with Crippen molar-refractivity contribution in [2.24, 2.45) is 5.92 Å². The summed E-state index contributed by atoms with van der Waals surface area (Å²) in [4.78, 5) is 10.9. The summed E-state index contributed by atoms with van der Waals surface area (Å²) in [5.41, 5.74) is 0.660. The summed E-state index contributed by atoms with van der Waals surface area (Å²) in [5, 5.41) is 3.48. The third kappa shape index (κ3) is 2.61. The number of carbonyl (C=O) groups is 1. The van der Waals surface area contributed by atoms with E-state index in [1.54, 1.807) is 6.92 Å². The molecule has 0 aliphatic rings. The van der Waals surface area contributed by atoms with Crippen LogP contribution in [0.25, 0.3) is 0 Å². The molecule has 0 aliphatic heterocycles. The largest absolute Gasteiger partial charge is 0.333 e. The van der Waals surface area contributed by atoms with Gasteiger partial charge in [0.25, 0.3) is 0 Å². The van der Waals surface area contributed by atoms with Crippen LogP contribution >= 0.6 is 0 Å². The van der Waals surface area contributed by atoms with Crippen LogP contribution in [0.5, 0.6) is 0 Å². The van der Waals surface area contributed by atoms with Crippen molar-refractivity contribution in [3.63, 3.8) is 0 Å². The number of alkyl halides is 2. The van der Waals surface area contributed by atoms with Gasteiger partial charge in [0.2, 0.25) is 0 Å². The standard InChI is InChI=1S/C9H12F2N2O/c1-6(7(2)14)3-8-4-12-13(5-8)9(10)11/h4-6,9H,3H2,1-2H3. The molecule has 0 bridgehead atoms. The molecule has 3 nitrogen and oxygen atoms in total. The van der Waals surface area contributed by atoms with Crippen molar-refractivity contribution >= 4 is 5.78 Å². The predicted molar refractivity (Wildman–Crippen MR) is 47.0 cm³/mol. The van der Waals surface area contributed by atoms with Crippen LogP contribution in [-0.4, -0.2) is 15.6 Å². The van der Waals surface area contributed by atoms with E-state index in [4.69, 9.17) is 0 Å². The van der Waals surface area contributed by atoms with E-state index >= 15 is 0 Å². The molecular weight excluding hydrogens is 190 g/mol. The van der Waals surface area contributed by atoms with Crippen LogP contribution in [-0.2, 0) is 11.2 Å². The third-order valence-electron chi connectivity index (χ3n) is 2.09. The van der Waals surface area contributed by atoms with Crippen molar-refractivity contribution in [2.45, 2.75) is 26.8 Å². The van der Waals surface area contributed by atoms with Gasteiger partial charge in [0.15, 0.2) is 0 Å². The van der Waals surface area contributed by atoms with Gasteiger partial charge >= 0.3 is 6.55 Å². The van der Waals surface area contributed by atoms with Crippen LogP contribution < -0.4 is 0 Å². The normalized spacial score (nSPS) is 13.2. The van der Waals surface area contributed by atoms with Gasteiger partial charge in [-0.15, -0.1) is 0 Å². The smallest absolute Gasteiger partial charge is 0.300 e. The van der Waals surface area contributed by atoms with E-state index in [1.807, 2.05) is 0 Å². The summed E-state index contributed by atoms with van der Waals surface area (Å²) in [6, 6.07) is 0. The van der Waals surface area contributed by atoms with Crippen molar-refractivity contribution in [2.75, 3.05) is 0 Å². The van der Waals surface area contributed by atoms with Crippen LogP contribution in [0.3, 0.4) is 0 Å². The Labute approximate surface area is 80.7 Å². The van der Waals surface area contributed by atoms with E-state index in [0.29, 0.717) is 16.7 Å². The molecule has 0 radical (unpaired) electrons. The Kier molecular flexibility index (Phi) is 3.33. The van der Waals surface area contributed by atoms with Crippen molar-refractivity contribution < 1.29 is 13.6 Å². The summed E-state index contributed by atoms with van der Waals surface area (Å²) >= 11 is 0. The maximum absolute atomic E-state index is 12.1.